The van der Waals surface area contributed by atoms with Gasteiger partial charge in [-0.25, -0.2) is 4.98 Å². The van der Waals surface area contributed by atoms with Crippen molar-refractivity contribution in [3.05, 3.63) is 18.2 Å². The van der Waals surface area contributed by atoms with Crippen molar-refractivity contribution in [2.45, 2.75) is 32.4 Å². The second-order valence-electron chi connectivity index (χ2n) is 3.11. The molecular weight excluding hydrogens is 182 g/mol. The lowest BCUT2D eigenvalue weighted by Crippen LogP contribution is -2.17. The minimum Gasteiger partial charge on any atom is -0.481 e. The second kappa shape index (κ2) is 4.76. The molecule has 0 aromatic carbocycles. The third-order valence-electron chi connectivity index (χ3n) is 2.09. The molecule has 0 aliphatic heterocycles. The fraction of sp³-hybridized carbons (Fsp3) is 0.556. The van der Waals surface area contributed by atoms with E-state index in [9.17, 15) is 4.79 Å². The van der Waals surface area contributed by atoms with E-state index in [1.165, 1.54) is 0 Å². The SMILES string of the molecule is CCn1ccnc1C(N)CCC(=O)O. The quantitative estimate of drug-likeness (QED) is 0.730. The topological polar surface area (TPSA) is 81.1 Å². The normalized spacial score (nSPS) is 12.7. The standard InChI is InChI=1S/C9H15N3O2/c1-2-12-6-5-11-9(12)7(10)3-4-8(13)14/h5-7H,2-4,10H2,1H3,(H,13,14). The summed E-state index contributed by atoms with van der Waals surface area (Å²) in [5.74, 6) is -0.0659. The van der Waals surface area contributed by atoms with E-state index < -0.39 is 5.97 Å². The lowest BCUT2D eigenvalue weighted by atomic mass is 10.1. The van der Waals surface area contributed by atoms with Gasteiger partial charge in [-0.05, 0) is 13.3 Å². The van der Waals surface area contributed by atoms with Gasteiger partial charge >= 0.3 is 5.97 Å². The summed E-state index contributed by atoms with van der Waals surface area (Å²) in [6.45, 7) is 2.80. The highest BCUT2D eigenvalue weighted by Gasteiger charge is 2.12. The summed E-state index contributed by atoms with van der Waals surface area (Å²) in [4.78, 5) is 14.5. The average molecular weight is 197 g/mol. The number of imidazole rings is 1. The molecule has 1 aromatic rings. The molecule has 0 aliphatic rings. The van der Waals surface area contributed by atoms with Crippen LogP contribution in [0.25, 0.3) is 0 Å². The van der Waals surface area contributed by atoms with Crippen molar-refractivity contribution in [3.63, 3.8) is 0 Å². The smallest absolute Gasteiger partial charge is 0.303 e. The van der Waals surface area contributed by atoms with Gasteiger partial charge in [-0.1, -0.05) is 0 Å². The van der Waals surface area contributed by atoms with Gasteiger partial charge in [0.1, 0.15) is 5.82 Å². The Bertz CT molecular complexity index is 309. The van der Waals surface area contributed by atoms with E-state index >= 15 is 0 Å². The molecule has 1 rings (SSSR count). The van der Waals surface area contributed by atoms with E-state index in [1.54, 1.807) is 6.20 Å². The summed E-state index contributed by atoms with van der Waals surface area (Å²) in [5, 5.41) is 8.50. The van der Waals surface area contributed by atoms with Gasteiger partial charge in [0.05, 0.1) is 6.04 Å². The molecule has 5 heteroatoms. The maximum absolute atomic E-state index is 10.3. The van der Waals surface area contributed by atoms with Gasteiger partial charge < -0.3 is 15.4 Å². The lowest BCUT2D eigenvalue weighted by molar-refractivity contribution is -0.137. The van der Waals surface area contributed by atoms with E-state index in [2.05, 4.69) is 4.98 Å². The van der Waals surface area contributed by atoms with Crippen molar-refractivity contribution in [2.24, 2.45) is 5.73 Å². The summed E-state index contributed by atoms with van der Waals surface area (Å²) in [5.41, 5.74) is 5.82. The number of carboxylic acid groups (broad SMARTS) is 1. The zero-order chi connectivity index (χ0) is 10.6. The molecule has 0 spiro atoms. The number of rotatable bonds is 5. The molecule has 78 valence electrons. The number of nitrogens with two attached hydrogens (primary N) is 1. The van der Waals surface area contributed by atoms with E-state index in [4.69, 9.17) is 10.8 Å². The van der Waals surface area contributed by atoms with Gasteiger partial charge in [0.25, 0.3) is 0 Å². The fourth-order valence-corrected chi connectivity index (χ4v) is 1.32. The first kappa shape index (κ1) is 10.7. The third kappa shape index (κ3) is 2.56. The summed E-state index contributed by atoms with van der Waals surface area (Å²) in [6, 6.07) is -0.291. The Morgan fingerprint density at radius 2 is 2.50 bits per heavy atom. The average Bonchev–Trinajstić information content (AvgIpc) is 2.61. The van der Waals surface area contributed by atoms with Crippen LogP contribution in [-0.4, -0.2) is 20.6 Å². The number of aliphatic carboxylic acids is 1. The number of hydrogen-bond donors (Lipinski definition) is 2. The van der Waals surface area contributed by atoms with Crippen LogP contribution in [0.2, 0.25) is 0 Å². The van der Waals surface area contributed by atoms with Crippen LogP contribution in [0, 0.1) is 0 Å². The van der Waals surface area contributed by atoms with Gasteiger partial charge in [0.15, 0.2) is 0 Å². The molecule has 1 atom stereocenters. The van der Waals surface area contributed by atoms with Gasteiger partial charge in [0.2, 0.25) is 0 Å². The van der Waals surface area contributed by atoms with Crippen LogP contribution in [0.1, 0.15) is 31.6 Å². The maximum atomic E-state index is 10.3. The molecular formula is C9H15N3O2. The molecule has 5 nitrogen and oxygen atoms in total. The Kier molecular flexibility index (Phi) is 3.64. The van der Waals surface area contributed by atoms with Crippen LogP contribution in [0.5, 0.6) is 0 Å². The van der Waals surface area contributed by atoms with Crippen LogP contribution in [0.3, 0.4) is 0 Å². The molecule has 0 bridgehead atoms. The van der Waals surface area contributed by atoms with E-state index in [-0.39, 0.29) is 12.5 Å². The maximum Gasteiger partial charge on any atom is 0.303 e. The lowest BCUT2D eigenvalue weighted by Gasteiger charge is -2.11. The molecule has 1 aromatic heterocycles. The number of hydrogen-bond acceptors (Lipinski definition) is 3. The highest BCUT2D eigenvalue weighted by atomic mass is 16.4. The Morgan fingerprint density at radius 3 is 3.07 bits per heavy atom. The monoisotopic (exact) mass is 197 g/mol. The first-order chi connectivity index (χ1) is 6.65. The molecule has 14 heavy (non-hydrogen) atoms. The molecule has 0 amide bonds. The Morgan fingerprint density at radius 1 is 1.79 bits per heavy atom. The van der Waals surface area contributed by atoms with Crippen LogP contribution in [0.15, 0.2) is 12.4 Å². The highest BCUT2D eigenvalue weighted by Crippen LogP contribution is 2.13. The molecule has 0 fully saturated rings. The van der Waals surface area contributed by atoms with E-state index in [0.29, 0.717) is 6.42 Å². The first-order valence-corrected chi connectivity index (χ1v) is 4.63. The van der Waals surface area contributed by atoms with Crippen molar-refractivity contribution < 1.29 is 9.90 Å². The zero-order valence-electron chi connectivity index (χ0n) is 8.18. The van der Waals surface area contributed by atoms with E-state index in [1.807, 2.05) is 17.7 Å². The third-order valence-corrected chi connectivity index (χ3v) is 2.09. The number of aryl methyl sites for hydroxylation is 1. The highest BCUT2D eigenvalue weighted by molar-refractivity contribution is 5.66. The fourth-order valence-electron chi connectivity index (χ4n) is 1.32. The first-order valence-electron chi connectivity index (χ1n) is 4.63. The largest absolute Gasteiger partial charge is 0.481 e. The molecule has 0 saturated carbocycles. The number of carboxylic acids is 1. The van der Waals surface area contributed by atoms with Gasteiger partial charge in [-0.2, -0.15) is 0 Å². The zero-order valence-corrected chi connectivity index (χ0v) is 8.18. The number of aromatic nitrogens is 2. The van der Waals surface area contributed by atoms with Crippen molar-refractivity contribution in [2.75, 3.05) is 0 Å². The molecule has 1 heterocycles. The Balaban J connectivity index is 2.59. The number of nitrogens with zero attached hydrogens (tertiary/aromatic N) is 2. The minimum atomic E-state index is -0.824. The molecule has 0 saturated heterocycles. The predicted molar refractivity (Wildman–Crippen MR) is 51.7 cm³/mol. The van der Waals surface area contributed by atoms with Crippen LogP contribution in [-0.2, 0) is 11.3 Å². The number of carbonyl (C=O) groups is 1. The minimum absolute atomic E-state index is 0.0811. The molecule has 0 radical (unpaired) electrons. The van der Waals surface area contributed by atoms with Gasteiger partial charge in [-0.3, -0.25) is 4.79 Å². The van der Waals surface area contributed by atoms with E-state index in [0.717, 1.165) is 12.4 Å². The van der Waals surface area contributed by atoms with Crippen LogP contribution >= 0.6 is 0 Å². The van der Waals surface area contributed by atoms with Crippen LogP contribution in [0.4, 0.5) is 0 Å². The molecule has 0 aliphatic carbocycles. The summed E-state index contributed by atoms with van der Waals surface area (Å²) in [7, 11) is 0. The summed E-state index contributed by atoms with van der Waals surface area (Å²) >= 11 is 0. The van der Waals surface area contributed by atoms with Crippen molar-refractivity contribution in [1.29, 1.82) is 0 Å². The second-order valence-corrected chi connectivity index (χ2v) is 3.11. The van der Waals surface area contributed by atoms with Crippen molar-refractivity contribution in [1.82, 2.24) is 9.55 Å². The predicted octanol–water partition coefficient (Wildman–Crippen LogP) is 0.768. The van der Waals surface area contributed by atoms with Gasteiger partial charge in [-0.15, -0.1) is 0 Å². The molecule has 3 N–H and O–H groups in total. The van der Waals surface area contributed by atoms with Crippen molar-refractivity contribution in [3.8, 4) is 0 Å². The molecule has 1 unspecified atom stereocenters. The van der Waals surface area contributed by atoms with Crippen molar-refractivity contribution >= 4 is 5.97 Å². The summed E-state index contributed by atoms with van der Waals surface area (Å²) in [6.07, 6.45) is 4.03. The van der Waals surface area contributed by atoms with Gasteiger partial charge in [0, 0.05) is 25.4 Å². The summed E-state index contributed by atoms with van der Waals surface area (Å²) < 4.78 is 1.92. The Labute approximate surface area is 82.6 Å². The Hall–Kier alpha value is -1.36. The van der Waals surface area contributed by atoms with Crippen LogP contribution < -0.4 is 5.73 Å².